The third-order valence-electron chi connectivity index (χ3n) is 6.30. The molecule has 0 aromatic heterocycles. The minimum atomic E-state index is -0.355. The molecule has 3 fully saturated rings. The predicted octanol–water partition coefficient (Wildman–Crippen LogP) is 3.73. The molecule has 0 spiro atoms. The van der Waals surface area contributed by atoms with Gasteiger partial charge in [-0.3, -0.25) is 14.4 Å². The summed E-state index contributed by atoms with van der Waals surface area (Å²) in [7, 11) is 0. The maximum absolute atomic E-state index is 12.9. The zero-order valence-corrected chi connectivity index (χ0v) is 16.2. The summed E-state index contributed by atoms with van der Waals surface area (Å²) in [6, 6.07) is 13.7. The van der Waals surface area contributed by atoms with Crippen LogP contribution in [0.3, 0.4) is 0 Å². The number of carbonyl (C=O) groups excluding carboxylic acids is 3. The summed E-state index contributed by atoms with van der Waals surface area (Å²) >= 11 is 6.09. The summed E-state index contributed by atoms with van der Waals surface area (Å²) in [6.07, 6.45) is 1.64. The SMILES string of the molecule is O=C(Nc1ccccc1Cl)c1cccc(NC(=O)[C@@H]2[C@@H]3C[C@@H]4[C@H]2C(=O)O[C@H]4C3)c1. The van der Waals surface area contributed by atoms with Gasteiger partial charge in [0.05, 0.1) is 22.5 Å². The number of benzene rings is 2. The number of esters is 1. The summed E-state index contributed by atoms with van der Waals surface area (Å²) in [5, 5.41) is 6.10. The Labute approximate surface area is 172 Å². The van der Waals surface area contributed by atoms with Crippen LogP contribution >= 0.6 is 11.6 Å². The molecule has 2 saturated carbocycles. The van der Waals surface area contributed by atoms with Gasteiger partial charge in [-0.1, -0.05) is 29.8 Å². The average Bonchev–Trinajstić information content (AvgIpc) is 3.32. The molecule has 2 N–H and O–H groups in total. The molecule has 0 radical (unpaired) electrons. The third-order valence-corrected chi connectivity index (χ3v) is 6.63. The van der Waals surface area contributed by atoms with E-state index in [1.54, 1.807) is 48.5 Å². The molecule has 5 rings (SSSR count). The fourth-order valence-electron chi connectivity index (χ4n) is 5.08. The van der Waals surface area contributed by atoms with Gasteiger partial charge in [0.25, 0.3) is 5.91 Å². The van der Waals surface area contributed by atoms with Crippen molar-refractivity contribution in [2.45, 2.75) is 18.9 Å². The van der Waals surface area contributed by atoms with E-state index in [1.165, 1.54) is 0 Å². The first-order valence-corrected chi connectivity index (χ1v) is 10.1. The predicted molar refractivity (Wildman–Crippen MR) is 108 cm³/mol. The van der Waals surface area contributed by atoms with Crippen LogP contribution < -0.4 is 10.6 Å². The molecule has 29 heavy (non-hydrogen) atoms. The van der Waals surface area contributed by atoms with E-state index in [2.05, 4.69) is 10.6 Å². The van der Waals surface area contributed by atoms with Crippen molar-refractivity contribution in [2.75, 3.05) is 10.6 Å². The number of nitrogens with one attached hydrogen (secondary N) is 2. The number of hydrogen-bond acceptors (Lipinski definition) is 4. The van der Waals surface area contributed by atoms with Gasteiger partial charge in [0, 0.05) is 17.2 Å². The van der Waals surface area contributed by atoms with Crippen LogP contribution in [-0.2, 0) is 14.3 Å². The number of rotatable bonds is 4. The van der Waals surface area contributed by atoms with Gasteiger partial charge >= 0.3 is 5.97 Å². The molecular formula is C22H19ClN2O4. The topological polar surface area (TPSA) is 84.5 Å². The second-order valence-corrected chi connectivity index (χ2v) is 8.33. The second kappa shape index (κ2) is 6.88. The molecule has 2 aliphatic carbocycles. The molecular weight excluding hydrogens is 392 g/mol. The van der Waals surface area contributed by atoms with E-state index in [4.69, 9.17) is 16.3 Å². The summed E-state index contributed by atoms with van der Waals surface area (Å²) in [6.45, 7) is 0. The van der Waals surface area contributed by atoms with Crippen molar-refractivity contribution < 1.29 is 19.1 Å². The maximum Gasteiger partial charge on any atom is 0.310 e. The summed E-state index contributed by atoms with van der Waals surface area (Å²) < 4.78 is 5.40. The van der Waals surface area contributed by atoms with Gasteiger partial charge in [-0.05, 0) is 49.1 Å². The standard InChI is InChI=1S/C22H19ClN2O4/c23-15-6-1-2-7-16(15)25-20(26)11-4-3-5-13(8-11)24-21(27)18-12-9-14-17(10-12)29-22(28)19(14)18/h1-8,12,14,17-19H,9-10H2,(H,24,27)(H,25,26)/t12-,14+,17+,18-,19-/m1/s1. The first kappa shape index (κ1) is 18.2. The number of para-hydroxylation sites is 1. The zero-order valence-electron chi connectivity index (χ0n) is 15.4. The van der Waals surface area contributed by atoms with Crippen LogP contribution in [0.25, 0.3) is 0 Å². The fraction of sp³-hybridized carbons (Fsp3) is 0.318. The molecule has 2 bridgehead atoms. The lowest BCUT2D eigenvalue weighted by Crippen LogP contribution is -2.35. The van der Waals surface area contributed by atoms with Crippen LogP contribution in [0.4, 0.5) is 11.4 Å². The molecule has 1 saturated heterocycles. The van der Waals surface area contributed by atoms with Crippen molar-refractivity contribution in [1.29, 1.82) is 0 Å². The van der Waals surface area contributed by atoms with Crippen LogP contribution in [0.15, 0.2) is 48.5 Å². The maximum atomic E-state index is 12.9. The fourth-order valence-corrected chi connectivity index (χ4v) is 5.27. The van der Waals surface area contributed by atoms with Crippen molar-refractivity contribution >= 4 is 40.8 Å². The minimum absolute atomic E-state index is 0.00150. The van der Waals surface area contributed by atoms with E-state index in [1.807, 2.05) is 0 Å². The lowest BCUT2D eigenvalue weighted by Gasteiger charge is -2.23. The Morgan fingerprint density at radius 3 is 2.69 bits per heavy atom. The van der Waals surface area contributed by atoms with Crippen LogP contribution in [0.5, 0.6) is 0 Å². The van der Waals surface area contributed by atoms with E-state index < -0.39 is 0 Å². The Balaban J connectivity index is 1.30. The van der Waals surface area contributed by atoms with E-state index in [0.29, 0.717) is 22.0 Å². The summed E-state index contributed by atoms with van der Waals surface area (Å²) in [4.78, 5) is 37.6. The Kier molecular flexibility index (Phi) is 4.32. The highest BCUT2D eigenvalue weighted by Gasteiger charge is 2.63. The quantitative estimate of drug-likeness (QED) is 0.752. The first-order valence-electron chi connectivity index (χ1n) is 9.68. The highest BCUT2D eigenvalue weighted by Crippen LogP contribution is 2.57. The molecule has 1 aliphatic heterocycles. The van der Waals surface area contributed by atoms with Crippen LogP contribution in [-0.4, -0.2) is 23.9 Å². The average molecular weight is 411 g/mol. The molecule has 2 amide bonds. The third kappa shape index (κ3) is 3.08. The Morgan fingerprint density at radius 2 is 1.86 bits per heavy atom. The van der Waals surface area contributed by atoms with Gasteiger partial charge < -0.3 is 15.4 Å². The molecule has 7 heteroatoms. The summed E-state index contributed by atoms with van der Waals surface area (Å²) in [5.74, 6) is -1.06. The highest BCUT2D eigenvalue weighted by atomic mass is 35.5. The van der Waals surface area contributed by atoms with Gasteiger partial charge in [-0.25, -0.2) is 0 Å². The number of amides is 2. The minimum Gasteiger partial charge on any atom is -0.462 e. The Bertz CT molecular complexity index is 1020. The molecule has 6 nitrogen and oxygen atoms in total. The molecule has 5 atom stereocenters. The molecule has 3 aliphatic rings. The molecule has 148 valence electrons. The van der Waals surface area contributed by atoms with E-state index in [-0.39, 0.29) is 47.6 Å². The lowest BCUT2D eigenvalue weighted by atomic mass is 9.79. The smallest absolute Gasteiger partial charge is 0.310 e. The van der Waals surface area contributed by atoms with Crippen LogP contribution in [0.2, 0.25) is 5.02 Å². The first-order chi connectivity index (χ1) is 14.0. The number of hydrogen-bond donors (Lipinski definition) is 2. The van der Waals surface area contributed by atoms with Gasteiger partial charge in [-0.2, -0.15) is 0 Å². The Morgan fingerprint density at radius 1 is 1.03 bits per heavy atom. The van der Waals surface area contributed by atoms with E-state index in [0.717, 1.165) is 12.8 Å². The van der Waals surface area contributed by atoms with Gasteiger partial charge in [0.15, 0.2) is 0 Å². The van der Waals surface area contributed by atoms with Crippen molar-refractivity contribution in [3.63, 3.8) is 0 Å². The largest absolute Gasteiger partial charge is 0.462 e. The second-order valence-electron chi connectivity index (χ2n) is 7.93. The van der Waals surface area contributed by atoms with Gasteiger partial charge in [0.1, 0.15) is 6.10 Å². The summed E-state index contributed by atoms with van der Waals surface area (Å²) in [5.41, 5.74) is 1.44. The number of carbonyl (C=O) groups is 3. The van der Waals surface area contributed by atoms with E-state index in [9.17, 15) is 14.4 Å². The van der Waals surface area contributed by atoms with Gasteiger partial charge in [0.2, 0.25) is 5.91 Å². The van der Waals surface area contributed by atoms with Crippen molar-refractivity contribution in [2.24, 2.45) is 23.7 Å². The number of fused-ring (bicyclic) bond motifs is 1. The van der Waals surface area contributed by atoms with Crippen LogP contribution in [0.1, 0.15) is 23.2 Å². The van der Waals surface area contributed by atoms with Gasteiger partial charge in [-0.15, -0.1) is 0 Å². The monoisotopic (exact) mass is 410 g/mol. The Hall–Kier alpha value is -2.86. The lowest BCUT2D eigenvalue weighted by molar-refractivity contribution is -0.145. The molecule has 1 heterocycles. The van der Waals surface area contributed by atoms with E-state index >= 15 is 0 Å². The highest BCUT2D eigenvalue weighted by molar-refractivity contribution is 6.33. The molecule has 0 unspecified atom stereocenters. The number of anilines is 2. The zero-order chi connectivity index (χ0) is 20.1. The van der Waals surface area contributed by atoms with Crippen molar-refractivity contribution in [3.05, 3.63) is 59.1 Å². The normalized spacial score (nSPS) is 28.9. The number of ether oxygens (including phenoxy) is 1. The molecule has 2 aromatic rings. The molecule has 2 aromatic carbocycles. The number of halogens is 1. The van der Waals surface area contributed by atoms with Crippen molar-refractivity contribution in [1.82, 2.24) is 0 Å². The van der Waals surface area contributed by atoms with Crippen LogP contribution in [0, 0.1) is 23.7 Å². The van der Waals surface area contributed by atoms with Crippen molar-refractivity contribution in [3.8, 4) is 0 Å².